The molecule has 0 spiro atoms. The van der Waals surface area contributed by atoms with Crippen LogP contribution in [0.2, 0.25) is 0 Å². The number of nitrogens with zero attached hydrogens (tertiary/aromatic N) is 1. The highest BCUT2D eigenvalue weighted by Gasteiger charge is 2.18. The molecular formula is C7H3BrFNO3S. The van der Waals surface area contributed by atoms with Crippen molar-refractivity contribution in [2.24, 2.45) is 0 Å². The van der Waals surface area contributed by atoms with Crippen LogP contribution in [-0.2, 0) is 10.2 Å². The molecule has 0 aromatic carbocycles. The summed E-state index contributed by atoms with van der Waals surface area (Å²) >= 11 is 3.14. The van der Waals surface area contributed by atoms with Crippen molar-refractivity contribution in [3.63, 3.8) is 0 Å². The van der Waals surface area contributed by atoms with Gasteiger partial charge in [0.1, 0.15) is 0 Å². The molecule has 0 atom stereocenters. The lowest BCUT2D eigenvalue weighted by molar-refractivity contribution is 0.455. The molecule has 2 aromatic heterocycles. The maximum Gasteiger partial charge on any atom is 0.365 e. The summed E-state index contributed by atoms with van der Waals surface area (Å²) in [4.78, 5) is 3.77. The average molecular weight is 280 g/mol. The van der Waals surface area contributed by atoms with Gasteiger partial charge < -0.3 is 4.42 Å². The molecule has 2 aromatic rings. The third kappa shape index (κ3) is 1.64. The monoisotopic (exact) mass is 279 g/mol. The Morgan fingerprint density at radius 2 is 2.14 bits per heavy atom. The Kier molecular flexibility index (Phi) is 2.07. The van der Waals surface area contributed by atoms with E-state index in [9.17, 15) is 12.3 Å². The molecule has 0 bridgehead atoms. The van der Waals surface area contributed by atoms with E-state index in [-0.39, 0.29) is 5.71 Å². The quantitative estimate of drug-likeness (QED) is 0.752. The van der Waals surface area contributed by atoms with Gasteiger partial charge in [-0.15, -0.1) is 0 Å². The Labute approximate surface area is 87.1 Å². The maximum atomic E-state index is 12.5. The maximum absolute atomic E-state index is 12.5. The van der Waals surface area contributed by atoms with Crippen molar-refractivity contribution in [2.75, 3.05) is 0 Å². The second-order valence-electron chi connectivity index (χ2n) is 2.55. The van der Waals surface area contributed by atoms with Crippen LogP contribution in [-0.4, -0.2) is 13.4 Å². The second-order valence-corrected chi connectivity index (χ2v) is 4.74. The highest BCUT2D eigenvalue weighted by Crippen LogP contribution is 2.24. The summed E-state index contributed by atoms with van der Waals surface area (Å²) in [6.45, 7) is 0. The molecule has 74 valence electrons. The van der Waals surface area contributed by atoms with E-state index in [0.29, 0.717) is 9.86 Å². The Bertz CT molecular complexity index is 592. The lowest BCUT2D eigenvalue weighted by atomic mass is 10.3. The molecule has 0 saturated carbocycles. The summed E-state index contributed by atoms with van der Waals surface area (Å²) < 4.78 is 38.8. The van der Waals surface area contributed by atoms with Crippen LogP contribution in [0.3, 0.4) is 0 Å². The highest BCUT2D eigenvalue weighted by molar-refractivity contribution is 9.10. The van der Waals surface area contributed by atoms with Crippen LogP contribution in [0.1, 0.15) is 0 Å². The summed E-state index contributed by atoms with van der Waals surface area (Å²) in [6.07, 6.45) is 1.43. The van der Waals surface area contributed by atoms with Crippen LogP contribution in [0.4, 0.5) is 3.89 Å². The molecule has 2 rings (SSSR count). The van der Waals surface area contributed by atoms with E-state index in [1.165, 1.54) is 6.20 Å². The SMILES string of the molecule is O=S(=O)(F)c1cc2cc(Br)cnc2o1. The Morgan fingerprint density at radius 3 is 2.79 bits per heavy atom. The smallest absolute Gasteiger partial charge is 0.365 e. The fourth-order valence-corrected chi connectivity index (χ4v) is 1.80. The standard InChI is InChI=1S/C7H3BrFNO3S/c8-5-1-4-2-6(14(9,11)12)13-7(4)10-3-5/h1-3H. The van der Waals surface area contributed by atoms with Gasteiger partial charge in [0.15, 0.2) is 0 Å². The zero-order chi connectivity index (χ0) is 10.3. The molecule has 0 unspecified atom stereocenters. The molecule has 0 N–H and O–H groups in total. The first kappa shape index (κ1) is 9.60. The van der Waals surface area contributed by atoms with E-state index in [4.69, 9.17) is 4.42 Å². The van der Waals surface area contributed by atoms with Crippen LogP contribution in [0.15, 0.2) is 32.3 Å². The molecule has 0 fully saturated rings. The van der Waals surface area contributed by atoms with Gasteiger partial charge in [0, 0.05) is 22.1 Å². The van der Waals surface area contributed by atoms with Gasteiger partial charge in [0.2, 0.25) is 5.71 Å². The molecule has 0 amide bonds. The fourth-order valence-electron chi connectivity index (χ4n) is 1.00. The summed E-state index contributed by atoms with van der Waals surface area (Å²) in [6, 6.07) is 2.67. The third-order valence-corrected chi connectivity index (χ3v) is 2.67. The lowest BCUT2D eigenvalue weighted by Gasteiger charge is -1.86. The number of hydrogen-bond acceptors (Lipinski definition) is 4. The molecule has 2 heterocycles. The number of halogens is 2. The van der Waals surface area contributed by atoms with Crippen LogP contribution >= 0.6 is 15.9 Å². The van der Waals surface area contributed by atoms with E-state index in [1.807, 2.05) is 0 Å². The topological polar surface area (TPSA) is 60.2 Å². The molecule has 4 nitrogen and oxygen atoms in total. The van der Waals surface area contributed by atoms with Crippen LogP contribution < -0.4 is 0 Å². The molecule has 0 saturated heterocycles. The summed E-state index contributed by atoms with van der Waals surface area (Å²) in [5.74, 6) is 0. The van der Waals surface area contributed by atoms with Gasteiger partial charge in [0.05, 0.1) is 0 Å². The summed E-state index contributed by atoms with van der Waals surface area (Å²) in [7, 11) is -4.80. The highest BCUT2D eigenvalue weighted by atomic mass is 79.9. The number of furan rings is 1. The molecule has 0 radical (unpaired) electrons. The zero-order valence-electron chi connectivity index (χ0n) is 6.57. The molecule has 0 aliphatic carbocycles. The normalized spacial score (nSPS) is 12.1. The first-order valence-corrected chi connectivity index (χ1v) is 5.64. The third-order valence-electron chi connectivity index (χ3n) is 1.56. The fraction of sp³-hybridized carbons (Fsp3) is 0. The number of aromatic nitrogens is 1. The van der Waals surface area contributed by atoms with E-state index < -0.39 is 15.3 Å². The predicted molar refractivity (Wildman–Crippen MR) is 50.0 cm³/mol. The number of pyridine rings is 1. The van der Waals surface area contributed by atoms with E-state index in [0.717, 1.165) is 6.07 Å². The lowest BCUT2D eigenvalue weighted by Crippen LogP contribution is -1.86. The summed E-state index contributed by atoms with van der Waals surface area (Å²) in [5.41, 5.74) is 0.0874. The van der Waals surface area contributed by atoms with Crippen LogP contribution in [0, 0.1) is 0 Å². The van der Waals surface area contributed by atoms with Crippen molar-refractivity contribution in [3.05, 3.63) is 22.8 Å². The van der Waals surface area contributed by atoms with Crippen LogP contribution in [0.25, 0.3) is 11.1 Å². The van der Waals surface area contributed by atoms with Crippen molar-refractivity contribution in [3.8, 4) is 0 Å². The van der Waals surface area contributed by atoms with Gasteiger partial charge >= 0.3 is 10.2 Å². The molecule has 14 heavy (non-hydrogen) atoms. The molecule has 7 heteroatoms. The predicted octanol–water partition coefficient (Wildman–Crippen LogP) is 2.25. The van der Waals surface area contributed by atoms with Crippen molar-refractivity contribution in [1.29, 1.82) is 0 Å². The second kappa shape index (κ2) is 3.03. The molecule has 0 aliphatic rings. The van der Waals surface area contributed by atoms with Gasteiger partial charge in [-0.3, -0.25) is 0 Å². The first-order chi connectivity index (χ1) is 6.47. The molecule has 0 aliphatic heterocycles. The summed E-state index contributed by atoms with van der Waals surface area (Å²) in [5, 5.41) is -0.297. The number of hydrogen-bond donors (Lipinski definition) is 0. The largest absolute Gasteiger partial charge is 0.423 e. The van der Waals surface area contributed by atoms with Crippen molar-refractivity contribution < 1.29 is 16.7 Å². The van der Waals surface area contributed by atoms with Crippen molar-refractivity contribution >= 4 is 37.3 Å². The van der Waals surface area contributed by atoms with Gasteiger partial charge in [-0.2, -0.15) is 8.42 Å². The number of rotatable bonds is 1. The van der Waals surface area contributed by atoms with E-state index >= 15 is 0 Å². The van der Waals surface area contributed by atoms with Gasteiger partial charge in [0.25, 0.3) is 5.09 Å². The first-order valence-electron chi connectivity index (χ1n) is 3.46. The minimum atomic E-state index is -4.80. The number of fused-ring (bicyclic) bond motifs is 1. The van der Waals surface area contributed by atoms with Crippen molar-refractivity contribution in [1.82, 2.24) is 4.98 Å². The Morgan fingerprint density at radius 1 is 1.43 bits per heavy atom. The van der Waals surface area contributed by atoms with Crippen LogP contribution in [0.5, 0.6) is 0 Å². The van der Waals surface area contributed by atoms with E-state index in [1.54, 1.807) is 6.07 Å². The zero-order valence-corrected chi connectivity index (χ0v) is 8.97. The minimum Gasteiger partial charge on any atom is -0.423 e. The van der Waals surface area contributed by atoms with Gasteiger partial charge in [-0.25, -0.2) is 4.98 Å². The minimum absolute atomic E-state index is 0.0874. The van der Waals surface area contributed by atoms with Gasteiger partial charge in [-0.05, 0) is 22.0 Å². The Balaban J connectivity index is 2.75. The average Bonchev–Trinajstić information content (AvgIpc) is 2.45. The van der Waals surface area contributed by atoms with E-state index in [2.05, 4.69) is 20.9 Å². The van der Waals surface area contributed by atoms with Crippen molar-refractivity contribution in [2.45, 2.75) is 5.09 Å². The molecular weight excluding hydrogens is 277 g/mol. The Hall–Kier alpha value is -0.950. The van der Waals surface area contributed by atoms with Gasteiger partial charge in [-0.1, -0.05) is 3.89 Å².